The van der Waals surface area contributed by atoms with Gasteiger partial charge in [0.2, 0.25) is 0 Å². The molecule has 1 aliphatic heterocycles. The van der Waals surface area contributed by atoms with Crippen LogP contribution in [0, 0.1) is 0 Å². The number of cyclic esters (lactones) is 1. The van der Waals surface area contributed by atoms with E-state index < -0.39 is 55.0 Å². The lowest BCUT2D eigenvalue weighted by molar-refractivity contribution is -0.137. The summed E-state index contributed by atoms with van der Waals surface area (Å²) >= 11 is 0. The number of halogens is 3. The predicted molar refractivity (Wildman–Crippen MR) is 134 cm³/mol. The molecule has 2 heterocycles. The number of anilines is 1. The molecule has 3 N–H and O–H groups in total. The Bertz CT molecular complexity index is 1420. The molecular formula is C26H25F3N2O9. The highest BCUT2D eigenvalue weighted by molar-refractivity contribution is 5.94. The van der Waals surface area contributed by atoms with Crippen molar-refractivity contribution < 1.29 is 51.9 Å². The van der Waals surface area contributed by atoms with Gasteiger partial charge in [0, 0.05) is 22.3 Å². The van der Waals surface area contributed by atoms with Crippen LogP contribution in [0.2, 0.25) is 0 Å². The van der Waals surface area contributed by atoms with Crippen molar-refractivity contribution >= 4 is 28.7 Å². The molecule has 2 aromatic carbocycles. The lowest BCUT2D eigenvalue weighted by Gasteiger charge is -2.15. The van der Waals surface area contributed by atoms with Crippen LogP contribution < -0.4 is 10.5 Å². The van der Waals surface area contributed by atoms with Crippen molar-refractivity contribution in [1.29, 1.82) is 0 Å². The van der Waals surface area contributed by atoms with E-state index in [1.165, 1.54) is 47.4 Å². The highest BCUT2D eigenvalue weighted by atomic mass is 19.4. The molecule has 1 atom stereocenters. The summed E-state index contributed by atoms with van der Waals surface area (Å²) in [5, 5.41) is 18.3. The summed E-state index contributed by atoms with van der Waals surface area (Å²) in [5.41, 5.74) is -1.40. The number of aromatic nitrogens is 1. The lowest BCUT2D eigenvalue weighted by atomic mass is 10.0. The molecule has 0 unspecified atom stereocenters. The van der Waals surface area contributed by atoms with Gasteiger partial charge >= 0.3 is 18.4 Å². The van der Waals surface area contributed by atoms with Crippen molar-refractivity contribution in [2.75, 3.05) is 44.5 Å². The number of amides is 1. The fourth-order valence-corrected chi connectivity index (χ4v) is 4.05. The first-order chi connectivity index (χ1) is 19.1. The van der Waals surface area contributed by atoms with Crippen LogP contribution in [0.4, 0.5) is 28.4 Å². The third kappa shape index (κ3) is 6.70. The maximum absolute atomic E-state index is 13.5. The molecule has 1 amide bonds. The molecule has 0 radical (unpaired) electrons. The number of aliphatic hydroxyl groups is 2. The second kappa shape index (κ2) is 12.4. The zero-order valence-corrected chi connectivity index (χ0v) is 20.8. The third-order valence-corrected chi connectivity index (χ3v) is 5.99. The number of ether oxygens (including phenoxy) is 4. The number of pyridine rings is 1. The second-order valence-electron chi connectivity index (χ2n) is 8.71. The van der Waals surface area contributed by atoms with E-state index in [9.17, 15) is 27.6 Å². The van der Waals surface area contributed by atoms with E-state index in [4.69, 9.17) is 29.2 Å². The SMILES string of the molecule is O=C(OCCOC(CO)CO)OC[C@@H]1CN(c2ccc3cc(-c4ccccc4C(F)(F)F)[nH]c(=O)c3c2)C(=O)O1. The summed E-state index contributed by atoms with van der Waals surface area (Å²) in [6.07, 6.45) is -8.02. The summed E-state index contributed by atoms with van der Waals surface area (Å²) in [6, 6.07) is 10.8. The van der Waals surface area contributed by atoms with E-state index >= 15 is 0 Å². The van der Waals surface area contributed by atoms with Gasteiger partial charge in [0.05, 0.1) is 31.9 Å². The number of hydrogen-bond donors (Lipinski definition) is 3. The van der Waals surface area contributed by atoms with Crippen molar-refractivity contribution in [3.05, 3.63) is 64.4 Å². The molecule has 1 saturated heterocycles. The molecule has 0 spiro atoms. The van der Waals surface area contributed by atoms with Gasteiger partial charge in [-0.15, -0.1) is 0 Å². The molecule has 14 heteroatoms. The van der Waals surface area contributed by atoms with Gasteiger partial charge in [-0.1, -0.05) is 24.3 Å². The first kappa shape index (κ1) is 28.9. The van der Waals surface area contributed by atoms with Crippen molar-refractivity contribution in [3.8, 4) is 11.3 Å². The van der Waals surface area contributed by atoms with Crippen LogP contribution >= 0.6 is 0 Å². The zero-order chi connectivity index (χ0) is 28.9. The van der Waals surface area contributed by atoms with E-state index in [1.54, 1.807) is 0 Å². The minimum Gasteiger partial charge on any atom is -0.440 e. The monoisotopic (exact) mass is 566 g/mol. The normalized spacial score (nSPS) is 15.5. The summed E-state index contributed by atoms with van der Waals surface area (Å²) in [4.78, 5) is 40.7. The number of carbonyl (C=O) groups excluding carboxylic acids is 2. The first-order valence-electron chi connectivity index (χ1n) is 12.1. The summed E-state index contributed by atoms with van der Waals surface area (Å²) in [7, 11) is 0. The smallest absolute Gasteiger partial charge is 0.440 e. The van der Waals surface area contributed by atoms with Gasteiger partial charge in [-0.05, 0) is 29.7 Å². The molecular weight excluding hydrogens is 541 g/mol. The number of nitrogens with zero attached hydrogens (tertiary/aromatic N) is 1. The molecule has 4 rings (SSSR count). The minimum absolute atomic E-state index is 0.00368. The summed E-state index contributed by atoms with van der Waals surface area (Å²) < 4.78 is 60.4. The molecule has 0 bridgehead atoms. The maximum Gasteiger partial charge on any atom is 0.508 e. The quantitative estimate of drug-likeness (QED) is 0.249. The fraction of sp³-hybridized carbons (Fsp3) is 0.346. The van der Waals surface area contributed by atoms with Crippen LogP contribution in [-0.4, -0.2) is 79.2 Å². The van der Waals surface area contributed by atoms with Crippen LogP contribution in [0.3, 0.4) is 0 Å². The van der Waals surface area contributed by atoms with Gasteiger partial charge in [0.15, 0.2) is 6.10 Å². The largest absolute Gasteiger partial charge is 0.508 e. The first-order valence-corrected chi connectivity index (χ1v) is 12.1. The number of nitrogens with one attached hydrogen (secondary N) is 1. The molecule has 0 aliphatic carbocycles. The van der Waals surface area contributed by atoms with Crippen LogP contribution in [0.15, 0.2) is 53.3 Å². The van der Waals surface area contributed by atoms with Crippen LogP contribution in [-0.2, 0) is 25.1 Å². The molecule has 1 fully saturated rings. The molecule has 0 saturated carbocycles. The van der Waals surface area contributed by atoms with E-state index in [1.807, 2.05) is 0 Å². The number of carbonyl (C=O) groups is 2. The Morgan fingerprint density at radius 3 is 2.55 bits per heavy atom. The lowest BCUT2D eigenvalue weighted by Crippen LogP contribution is -2.27. The van der Waals surface area contributed by atoms with Crippen LogP contribution in [0.5, 0.6) is 0 Å². The van der Waals surface area contributed by atoms with Crippen molar-refractivity contribution in [2.45, 2.75) is 18.4 Å². The molecule has 3 aromatic rings. The number of rotatable bonds is 10. The zero-order valence-electron chi connectivity index (χ0n) is 20.8. The Morgan fingerprint density at radius 1 is 1.07 bits per heavy atom. The van der Waals surface area contributed by atoms with E-state index in [0.29, 0.717) is 11.1 Å². The predicted octanol–water partition coefficient (Wildman–Crippen LogP) is 3.06. The van der Waals surface area contributed by atoms with Crippen molar-refractivity contribution in [3.63, 3.8) is 0 Å². The number of fused-ring (bicyclic) bond motifs is 1. The summed E-state index contributed by atoms with van der Waals surface area (Å²) in [6.45, 7) is -1.38. The Hall–Kier alpha value is -4.14. The Kier molecular flexibility index (Phi) is 8.92. The number of H-pyrrole nitrogens is 1. The maximum atomic E-state index is 13.5. The minimum atomic E-state index is -4.61. The second-order valence-corrected chi connectivity index (χ2v) is 8.71. The highest BCUT2D eigenvalue weighted by Crippen LogP contribution is 2.36. The van der Waals surface area contributed by atoms with Gasteiger partial charge in [-0.2, -0.15) is 13.2 Å². The topological polar surface area (TPSA) is 148 Å². The fourth-order valence-electron chi connectivity index (χ4n) is 4.05. The number of hydrogen-bond acceptors (Lipinski definition) is 9. The van der Waals surface area contributed by atoms with E-state index in [-0.39, 0.29) is 43.0 Å². The standard InChI is InChI=1S/C26H25F3N2O9/c27-26(28,29)21-4-2-1-3-19(21)22-9-15-5-6-16(10-20(15)23(34)30-22)31-11-17(40-24(31)35)14-39-25(36)38-8-7-37-18(12-32)13-33/h1-6,9-10,17-18,32-33H,7-8,11-14H2,(H,30,34)/t17-/m0/s1. The van der Waals surface area contributed by atoms with Gasteiger partial charge < -0.3 is 34.1 Å². The number of alkyl halides is 3. The molecule has 1 aromatic heterocycles. The number of aliphatic hydroxyl groups excluding tert-OH is 2. The van der Waals surface area contributed by atoms with Crippen LogP contribution in [0.1, 0.15) is 5.56 Å². The van der Waals surface area contributed by atoms with Crippen molar-refractivity contribution in [2.24, 2.45) is 0 Å². The Labute approximate surface area is 224 Å². The van der Waals surface area contributed by atoms with Gasteiger partial charge in [-0.25, -0.2) is 9.59 Å². The third-order valence-electron chi connectivity index (χ3n) is 5.99. The van der Waals surface area contributed by atoms with Crippen LogP contribution in [0.25, 0.3) is 22.0 Å². The highest BCUT2D eigenvalue weighted by Gasteiger charge is 2.35. The van der Waals surface area contributed by atoms with E-state index in [0.717, 1.165) is 6.07 Å². The molecule has 11 nitrogen and oxygen atoms in total. The van der Waals surface area contributed by atoms with Crippen molar-refractivity contribution in [1.82, 2.24) is 4.98 Å². The van der Waals surface area contributed by atoms with Gasteiger partial charge in [0.25, 0.3) is 5.56 Å². The Balaban J connectivity index is 1.40. The molecule has 1 aliphatic rings. The Morgan fingerprint density at radius 2 is 1.82 bits per heavy atom. The molecule has 40 heavy (non-hydrogen) atoms. The average Bonchev–Trinajstić information content (AvgIpc) is 3.31. The number of benzene rings is 2. The number of aromatic amines is 1. The summed E-state index contributed by atoms with van der Waals surface area (Å²) in [5.74, 6) is 0. The van der Waals surface area contributed by atoms with Gasteiger partial charge in [0.1, 0.15) is 19.3 Å². The average molecular weight is 566 g/mol. The van der Waals surface area contributed by atoms with Gasteiger partial charge in [-0.3, -0.25) is 9.69 Å². The van der Waals surface area contributed by atoms with E-state index in [2.05, 4.69) is 4.98 Å². The molecule has 214 valence electrons.